The molecule has 0 saturated heterocycles. The van der Waals surface area contributed by atoms with Crippen LogP contribution in [0.2, 0.25) is 0 Å². The number of carbonyl (C=O) groups excluding carboxylic acids is 1. The zero-order valence-corrected chi connectivity index (χ0v) is 17.4. The number of benzene rings is 1. The molecule has 3 aromatic rings. The molecule has 1 aliphatic rings. The lowest BCUT2D eigenvalue weighted by Gasteiger charge is -2.29. The first-order chi connectivity index (χ1) is 15.0. The summed E-state index contributed by atoms with van der Waals surface area (Å²) in [7, 11) is 1.28. The van der Waals surface area contributed by atoms with Crippen LogP contribution in [-0.4, -0.2) is 27.2 Å². The van der Waals surface area contributed by atoms with Crippen LogP contribution < -0.4 is 16.0 Å². The van der Waals surface area contributed by atoms with Crippen molar-refractivity contribution in [3.05, 3.63) is 93.8 Å². The Morgan fingerprint density at radius 2 is 2.03 bits per heavy atom. The van der Waals surface area contributed by atoms with Crippen LogP contribution in [0.4, 0.5) is 0 Å². The Hall–Kier alpha value is -3.81. The fourth-order valence-corrected chi connectivity index (χ4v) is 3.98. The Kier molecular flexibility index (Phi) is 5.62. The molecule has 4 rings (SSSR count). The molecule has 8 nitrogen and oxygen atoms in total. The zero-order chi connectivity index (χ0) is 22.0. The van der Waals surface area contributed by atoms with E-state index in [2.05, 4.69) is 4.98 Å². The van der Waals surface area contributed by atoms with Gasteiger partial charge in [-0.25, -0.2) is 9.78 Å². The van der Waals surface area contributed by atoms with E-state index in [-0.39, 0.29) is 17.0 Å². The second-order valence-electron chi connectivity index (χ2n) is 7.39. The first-order valence-electron chi connectivity index (χ1n) is 10.0. The molecule has 2 N–H and O–H groups in total. The molecule has 0 bridgehead atoms. The molecule has 0 unspecified atom stereocenters. The Morgan fingerprint density at radius 1 is 1.26 bits per heavy atom. The van der Waals surface area contributed by atoms with Crippen molar-refractivity contribution in [1.29, 1.82) is 0 Å². The smallest absolute Gasteiger partial charge is 0.340 e. The molecule has 1 aromatic carbocycles. The Labute approximate surface area is 179 Å². The number of nitrogens with two attached hydrogens (primary N) is 1. The summed E-state index contributed by atoms with van der Waals surface area (Å²) >= 11 is 0. The van der Waals surface area contributed by atoms with Crippen molar-refractivity contribution < 1.29 is 14.3 Å². The summed E-state index contributed by atoms with van der Waals surface area (Å²) in [6.45, 7) is 3.11. The lowest BCUT2D eigenvalue weighted by Crippen LogP contribution is -2.35. The van der Waals surface area contributed by atoms with Gasteiger partial charge in [0.1, 0.15) is 11.3 Å². The number of nitrogens with zero attached hydrogens (tertiary/aromatic N) is 3. The van der Waals surface area contributed by atoms with Crippen LogP contribution in [0.1, 0.15) is 29.2 Å². The van der Waals surface area contributed by atoms with Crippen LogP contribution in [0.3, 0.4) is 0 Å². The second-order valence-corrected chi connectivity index (χ2v) is 7.39. The van der Waals surface area contributed by atoms with Gasteiger partial charge >= 0.3 is 5.97 Å². The largest absolute Gasteiger partial charge is 0.465 e. The minimum atomic E-state index is -0.676. The van der Waals surface area contributed by atoms with Crippen molar-refractivity contribution in [2.45, 2.75) is 32.4 Å². The van der Waals surface area contributed by atoms with Gasteiger partial charge in [0, 0.05) is 37.2 Å². The van der Waals surface area contributed by atoms with Crippen LogP contribution in [0.25, 0.3) is 0 Å². The van der Waals surface area contributed by atoms with Crippen molar-refractivity contribution in [1.82, 2.24) is 14.1 Å². The van der Waals surface area contributed by atoms with E-state index in [0.717, 1.165) is 24.2 Å². The number of hydrogen-bond donors (Lipinski definition) is 1. The molecule has 0 spiro atoms. The van der Waals surface area contributed by atoms with Gasteiger partial charge in [0.2, 0.25) is 5.88 Å². The van der Waals surface area contributed by atoms with E-state index < -0.39 is 11.9 Å². The number of aromatic nitrogens is 3. The molecule has 31 heavy (non-hydrogen) atoms. The first-order valence-corrected chi connectivity index (χ1v) is 10.0. The van der Waals surface area contributed by atoms with E-state index in [1.807, 2.05) is 48.0 Å². The highest BCUT2D eigenvalue weighted by atomic mass is 16.5. The third-order valence-corrected chi connectivity index (χ3v) is 5.46. The number of methoxy groups -OCH3 is 1. The molecule has 0 aliphatic carbocycles. The molecule has 8 heteroatoms. The number of fused-ring (bicyclic) bond motifs is 1. The van der Waals surface area contributed by atoms with E-state index >= 15 is 0 Å². The van der Waals surface area contributed by atoms with Crippen LogP contribution in [0, 0.1) is 6.92 Å². The number of carbonyl (C=O) groups is 1. The lowest BCUT2D eigenvalue weighted by molar-refractivity contribution is -0.136. The minimum Gasteiger partial charge on any atom is -0.465 e. The molecule has 0 radical (unpaired) electrons. The Bertz CT molecular complexity index is 1180. The van der Waals surface area contributed by atoms with Crippen molar-refractivity contribution >= 4 is 5.97 Å². The summed E-state index contributed by atoms with van der Waals surface area (Å²) in [5, 5.41) is 0. The second kappa shape index (κ2) is 8.51. The van der Waals surface area contributed by atoms with Crippen LogP contribution in [-0.2, 0) is 22.6 Å². The highest BCUT2D eigenvalue weighted by Crippen LogP contribution is 2.41. The quantitative estimate of drug-likeness (QED) is 0.614. The van der Waals surface area contributed by atoms with Gasteiger partial charge in [-0.1, -0.05) is 30.3 Å². The maximum absolute atomic E-state index is 13.6. The van der Waals surface area contributed by atoms with E-state index in [9.17, 15) is 9.59 Å². The van der Waals surface area contributed by atoms with E-state index in [1.165, 1.54) is 7.11 Å². The summed E-state index contributed by atoms with van der Waals surface area (Å²) in [5.74, 6) is -0.980. The van der Waals surface area contributed by atoms with Crippen LogP contribution in [0.15, 0.2) is 71.4 Å². The molecule has 1 atom stereocenters. The molecule has 2 aromatic heterocycles. The lowest BCUT2D eigenvalue weighted by atomic mass is 9.83. The molecule has 0 fully saturated rings. The first kappa shape index (κ1) is 20.5. The van der Waals surface area contributed by atoms with E-state index in [1.54, 1.807) is 23.2 Å². The number of esters is 1. The van der Waals surface area contributed by atoms with Crippen molar-refractivity contribution in [3.63, 3.8) is 0 Å². The summed E-state index contributed by atoms with van der Waals surface area (Å²) in [5.41, 5.74) is 7.94. The van der Waals surface area contributed by atoms with Gasteiger partial charge in [-0.2, -0.15) is 0 Å². The van der Waals surface area contributed by atoms with Crippen LogP contribution in [0.5, 0.6) is 5.75 Å². The molecule has 160 valence electrons. The van der Waals surface area contributed by atoms with Gasteiger partial charge in [-0.15, -0.1) is 0 Å². The number of hydrogen-bond acceptors (Lipinski definition) is 6. The predicted molar refractivity (Wildman–Crippen MR) is 114 cm³/mol. The topological polar surface area (TPSA) is 101 Å². The summed E-state index contributed by atoms with van der Waals surface area (Å²) in [6, 6.07) is 11.1. The summed E-state index contributed by atoms with van der Waals surface area (Å²) in [6.07, 6.45) is 6.10. The molecule has 0 amide bonds. The zero-order valence-electron chi connectivity index (χ0n) is 17.4. The average Bonchev–Trinajstić information content (AvgIpc) is 3.28. The van der Waals surface area contributed by atoms with Gasteiger partial charge in [0.05, 0.1) is 24.9 Å². The van der Waals surface area contributed by atoms with Gasteiger partial charge in [-0.05, 0) is 18.9 Å². The normalized spacial score (nSPS) is 15.4. The standard InChI is InChI=1S/C23H24N4O4/c1-15-13-17-19(22(28)27(15)11-6-10-26-12-9-25-14-26)18(16-7-4-3-5-8-16)20(21(24)31-17)23(29)30-2/h3-5,7-9,12-14,18H,6,10-11,24H2,1-2H3/t18-/m0/s1. The third kappa shape index (κ3) is 3.84. The third-order valence-electron chi connectivity index (χ3n) is 5.46. The number of aryl methyl sites for hydroxylation is 2. The monoisotopic (exact) mass is 420 g/mol. The number of ether oxygens (including phenoxy) is 2. The number of rotatable bonds is 6. The Morgan fingerprint density at radius 3 is 2.71 bits per heavy atom. The fraction of sp³-hybridized carbons (Fsp3) is 0.261. The molecule has 3 heterocycles. The molecule has 1 aliphatic heterocycles. The maximum Gasteiger partial charge on any atom is 0.340 e. The average molecular weight is 420 g/mol. The van der Waals surface area contributed by atoms with Gasteiger partial charge in [0.25, 0.3) is 5.56 Å². The van der Waals surface area contributed by atoms with E-state index in [4.69, 9.17) is 15.2 Å². The van der Waals surface area contributed by atoms with E-state index in [0.29, 0.717) is 17.9 Å². The number of pyridine rings is 1. The molecular weight excluding hydrogens is 396 g/mol. The van der Waals surface area contributed by atoms with Crippen LogP contribution >= 0.6 is 0 Å². The predicted octanol–water partition coefficient (Wildman–Crippen LogP) is 2.31. The SMILES string of the molecule is COC(=O)C1=C(N)Oc2cc(C)n(CCCn3ccnc3)c(=O)c2[C@@H]1c1ccccc1. The van der Waals surface area contributed by atoms with Crippen molar-refractivity contribution in [2.75, 3.05) is 7.11 Å². The van der Waals surface area contributed by atoms with Gasteiger partial charge in [-0.3, -0.25) is 4.79 Å². The maximum atomic E-state index is 13.6. The summed E-state index contributed by atoms with van der Waals surface area (Å²) in [4.78, 5) is 30.2. The van der Waals surface area contributed by atoms with Gasteiger partial charge < -0.3 is 24.3 Å². The van der Waals surface area contributed by atoms with Crippen molar-refractivity contribution in [2.24, 2.45) is 5.73 Å². The summed E-state index contributed by atoms with van der Waals surface area (Å²) < 4.78 is 14.4. The molecule has 0 saturated carbocycles. The highest BCUT2D eigenvalue weighted by Gasteiger charge is 2.38. The molecular formula is C23H24N4O4. The number of imidazole rings is 1. The minimum absolute atomic E-state index is 0.0511. The fourth-order valence-electron chi connectivity index (χ4n) is 3.98. The van der Waals surface area contributed by atoms with Gasteiger partial charge in [0.15, 0.2) is 0 Å². The Balaban J connectivity index is 1.79. The highest BCUT2D eigenvalue weighted by molar-refractivity contribution is 5.92. The van der Waals surface area contributed by atoms with Crippen molar-refractivity contribution in [3.8, 4) is 5.75 Å².